The van der Waals surface area contributed by atoms with E-state index in [0.29, 0.717) is 0 Å². The molecule has 0 saturated carbocycles. The van der Waals surface area contributed by atoms with Crippen molar-refractivity contribution in [1.29, 1.82) is 0 Å². The summed E-state index contributed by atoms with van der Waals surface area (Å²) < 4.78 is 18.2. The molecule has 0 fully saturated rings. The highest BCUT2D eigenvalue weighted by molar-refractivity contribution is 5.75. The van der Waals surface area contributed by atoms with Crippen molar-refractivity contribution in [2.45, 2.75) is 32.1 Å². The highest BCUT2D eigenvalue weighted by Crippen LogP contribution is 2.44. The Hall–Kier alpha value is -3.06. The molecule has 4 rings (SSSR count). The summed E-state index contributed by atoms with van der Waals surface area (Å²) in [5.74, 6) is 0. The van der Waals surface area contributed by atoms with Crippen LogP contribution in [0.15, 0.2) is 42.6 Å². The molecule has 0 unspecified atom stereocenters. The smallest absolute Gasteiger partial charge is 0.438 e. The van der Waals surface area contributed by atoms with Crippen LogP contribution >= 0.6 is 0 Å². The van der Waals surface area contributed by atoms with Crippen LogP contribution in [0.1, 0.15) is 34.7 Å². The fourth-order valence-electron chi connectivity index (χ4n) is 3.81. The van der Waals surface area contributed by atoms with Gasteiger partial charge in [0.25, 0.3) is 0 Å². The van der Waals surface area contributed by atoms with E-state index in [2.05, 4.69) is 9.72 Å². The molecule has 146 valence electrons. The molecule has 0 saturated heterocycles. The molecule has 0 aliphatic carbocycles. The van der Waals surface area contributed by atoms with Crippen LogP contribution in [0.25, 0.3) is 5.65 Å². The molecular formula is C21H23N3O4. The van der Waals surface area contributed by atoms with Crippen LogP contribution in [0, 0.1) is 13.8 Å². The number of anilines is 1. The molecule has 2 aromatic heterocycles. The number of rotatable bonds is 3. The maximum absolute atomic E-state index is 11.9. The zero-order chi connectivity index (χ0) is 19.8. The third-order valence-corrected chi connectivity index (χ3v) is 5.35. The van der Waals surface area contributed by atoms with Crippen LogP contribution in [0.3, 0.4) is 0 Å². The average Bonchev–Trinajstić information content (AvgIpc) is 3.02. The summed E-state index contributed by atoms with van der Waals surface area (Å²) >= 11 is 0. The van der Waals surface area contributed by atoms with E-state index in [-0.39, 0.29) is 6.04 Å². The predicted octanol–water partition coefficient (Wildman–Crippen LogP) is 3.96. The fourth-order valence-corrected chi connectivity index (χ4v) is 3.81. The van der Waals surface area contributed by atoms with Gasteiger partial charge in [-0.1, -0.05) is 30.3 Å². The van der Waals surface area contributed by atoms with E-state index in [9.17, 15) is 4.79 Å². The van der Waals surface area contributed by atoms with Crippen molar-refractivity contribution in [2.24, 2.45) is 0 Å². The van der Waals surface area contributed by atoms with Gasteiger partial charge in [-0.3, -0.25) is 0 Å². The number of imidazole rings is 1. The number of hydrogen-bond donors (Lipinski definition) is 1. The number of aryl methyl sites for hydroxylation is 2. The van der Waals surface area contributed by atoms with Crippen molar-refractivity contribution < 1.29 is 19.0 Å². The molecule has 0 bridgehead atoms. The summed E-state index contributed by atoms with van der Waals surface area (Å²) in [6.45, 7) is 4.03. The van der Waals surface area contributed by atoms with Gasteiger partial charge in [-0.2, -0.15) is 0 Å². The Labute approximate surface area is 163 Å². The van der Waals surface area contributed by atoms with Crippen molar-refractivity contribution in [2.75, 3.05) is 19.5 Å². The first-order chi connectivity index (χ1) is 13.5. The summed E-state index contributed by atoms with van der Waals surface area (Å²) in [4.78, 5) is 16.7. The first-order valence-electron chi connectivity index (χ1n) is 9.12. The molecule has 0 spiro atoms. The van der Waals surface area contributed by atoms with Gasteiger partial charge in [0, 0.05) is 24.6 Å². The molecule has 3 atom stereocenters. The van der Waals surface area contributed by atoms with Gasteiger partial charge >= 0.3 is 6.16 Å². The second-order valence-electron chi connectivity index (χ2n) is 6.85. The Morgan fingerprint density at radius 2 is 1.89 bits per heavy atom. The second-order valence-corrected chi connectivity index (χ2v) is 6.85. The number of nitrogens with zero attached hydrogens (tertiary/aromatic N) is 2. The first kappa shape index (κ1) is 18.3. The number of methoxy groups -OCH3 is 2. The molecule has 7 heteroatoms. The van der Waals surface area contributed by atoms with Crippen molar-refractivity contribution in [3.63, 3.8) is 0 Å². The predicted molar refractivity (Wildman–Crippen MR) is 104 cm³/mol. The Bertz CT molecular complexity index is 1020. The fraction of sp³-hybridized carbons (Fsp3) is 0.333. The molecule has 1 aromatic carbocycles. The molecule has 1 aliphatic rings. The van der Waals surface area contributed by atoms with Crippen LogP contribution in [-0.2, 0) is 14.2 Å². The third-order valence-electron chi connectivity index (χ3n) is 5.35. The van der Waals surface area contributed by atoms with E-state index in [0.717, 1.165) is 33.8 Å². The van der Waals surface area contributed by atoms with Gasteiger partial charge < -0.3 is 23.9 Å². The van der Waals surface area contributed by atoms with E-state index in [1.807, 2.05) is 56.4 Å². The van der Waals surface area contributed by atoms with Gasteiger partial charge in [-0.15, -0.1) is 0 Å². The normalized spacial score (nSPS) is 21.1. The van der Waals surface area contributed by atoms with Gasteiger partial charge in [0.1, 0.15) is 6.10 Å². The summed E-state index contributed by atoms with van der Waals surface area (Å²) in [5, 5.41) is 3.54. The lowest BCUT2D eigenvalue weighted by Gasteiger charge is -2.39. The largest absolute Gasteiger partial charge is 0.508 e. The average molecular weight is 381 g/mol. The molecule has 1 N–H and O–H groups in total. The minimum atomic E-state index is -0.744. The van der Waals surface area contributed by atoms with E-state index < -0.39 is 18.4 Å². The summed E-state index contributed by atoms with van der Waals surface area (Å²) in [7, 11) is 2.91. The Morgan fingerprint density at radius 1 is 1.14 bits per heavy atom. The number of benzene rings is 1. The lowest BCUT2D eigenvalue weighted by molar-refractivity contribution is -0.0557. The minimum Gasteiger partial charge on any atom is -0.438 e. The second kappa shape index (κ2) is 7.16. The van der Waals surface area contributed by atoms with Crippen LogP contribution in [0.4, 0.5) is 10.5 Å². The lowest BCUT2D eigenvalue weighted by atomic mass is 9.88. The maximum Gasteiger partial charge on any atom is 0.508 e. The van der Waals surface area contributed by atoms with Crippen molar-refractivity contribution in [1.82, 2.24) is 9.38 Å². The highest BCUT2D eigenvalue weighted by Gasteiger charge is 2.42. The number of carbonyl (C=O) groups is 1. The van der Waals surface area contributed by atoms with Crippen molar-refractivity contribution in [3.8, 4) is 0 Å². The molecule has 0 radical (unpaired) electrons. The van der Waals surface area contributed by atoms with E-state index in [1.54, 1.807) is 7.11 Å². The topological polar surface area (TPSA) is 74.1 Å². The van der Waals surface area contributed by atoms with Crippen LogP contribution in [-0.4, -0.2) is 35.9 Å². The van der Waals surface area contributed by atoms with Gasteiger partial charge in [-0.05, 0) is 25.5 Å². The number of fused-ring (bicyclic) bond motifs is 3. The summed E-state index contributed by atoms with van der Waals surface area (Å²) in [5.41, 5.74) is 5.62. The lowest BCUT2D eigenvalue weighted by Crippen LogP contribution is -2.40. The molecule has 28 heavy (non-hydrogen) atoms. The van der Waals surface area contributed by atoms with Crippen LogP contribution in [0.5, 0.6) is 0 Å². The molecule has 3 heterocycles. The number of nitrogens with one attached hydrogen (secondary N) is 1. The number of carbonyl (C=O) groups excluding carboxylic acids is 1. The van der Waals surface area contributed by atoms with Crippen LogP contribution < -0.4 is 5.32 Å². The number of pyridine rings is 1. The Kier molecular flexibility index (Phi) is 4.68. The molecular weight excluding hydrogens is 358 g/mol. The monoisotopic (exact) mass is 381 g/mol. The molecule has 0 amide bonds. The van der Waals surface area contributed by atoms with E-state index >= 15 is 0 Å². The van der Waals surface area contributed by atoms with Gasteiger partial charge in [0.05, 0.1) is 24.5 Å². The number of ether oxygens (including phenoxy) is 3. The zero-order valence-electron chi connectivity index (χ0n) is 16.3. The maximum atomic E-state index is 11.9. The van der Waals surface area contributed by atoms with E-state index in [4.69, 9.17) is 19.2 Å². The zero-order valence-corrected chi connectivity index (χ0v) is 16.3. The van der Waals surface area contributed by atoms with E-state index in [1.165, 1.54) is 7.11 Å². The third kappa shape index (κ3) is 2.88. The standard InChI is InChI=1S/C21H23N3O4/c1-12-13(2)24-11-10-15-17(20(24)22-12)23-16(14-8-6-5-7-9-14)19(18(15)26-3)28-21(25)27-4/h5-11,16,18-19,23H,1-4H3/t16-,18+,19-/m1/s1. The minimum absolute atomic E-state index is 0.318. The number of hydrogen-bond acceptors (Lipinski definition) is 6. The molecule has 7 nitrogen and oxygen atoms in total. The van der Waals surface area contributed by atoms with Crippen molar-refractivity contribution >= 4 is 17.5 Å². The van der Waals surface area contributed by atoms with Gasteiger partial charge in [0.2, 0.25) is 0 Å². The van der Waals surface area contributed by atoms with Crippen LogP contribution in [0.2, 0.25) is 0 Å². The summed E-state index contributed by atoms with van der Waals surface area (Å²) in [6, 6.07) is 11.5. The molecule has 1 aliphatic heterocycles. The molecule has 3 aromatic rings. The van der Waals surface area contributed by atoms with Gasteiger partial charge in [-0.25, -0.2) is 9.78 Å². The highest BCUT2D eigenvalue weighted by atomic mass is 16.7. The first-order valence-corrected chi connectivity index (χ1v) is 9.12. The van der Waals surface area contributed by atoms with Gasteiger partial charge in [0.15, 0.2) is 11.8 Å². The Balaban J connectivity index is 1.89. The Morgan fingerprint density at radius 3 is 2.57 bits per heavy atom. The summed E-state index contributed by atoms with van der Waals surface area (Å²) in [6.07, 6.45) is 0.150. The quantitative estimate of drug-likeness (QED) is 0.693. The number of aromatic nitrogens is 2. The van der Waals surface area contributed by atoms with Crippen molar-refractivity contribution in [3.05, 3.63) is 65.1 Å². The SMILES string of the molecule is COC(=O)O[C@@H]1[C@@H](c2ccccc2)Nc2c(ccn3c(C)c(C)nc23)[C@@H]1OC.